The number of carbonyl (C=O) groups excluding carboxylic acids is 1. The van der Waals surface area contributed by atoms with Gasteiger partial charge in [-0.3, -0.25) is 4.79 Å². The van der Waals surface area contributed by atoms with E-state index in [-0.39, 0.29) is 11.9 Å². The van der Waals surface area contributed by atoms with E-state index in [0.717, 1.165) is 42.9 Å². The Labute approximate surface area is 106 Å². The molecule has 1 aromatic heterocycles. The largest absolute Gasteiger partial charge is 0.355 e. The Morgan fingerprint density at radius 1 is 1.59 bits per heavy atom. The van der Waals surface area contributed by atoms with Crippen LogP contribution in [0.5, 0.6) is 0 Å². The van der Waals surface area contributed by atoms with Gasteiger partial charge in [0.15, 0.2) is 0 Å². The first kappa shape index (κ1) is 12.5. The average Bonchev–Trinajstić information content (AvgIpc) is 2.70. The molecule has 0 radical (unpaired) electrons. The summed E-state index contributed by atoms with van der Waals surface area (Å²) in [5.74, 6) is 0.133. The van der Waals surface area contributed by atoms with Gasteiger partial charge in [0.1, 0.15) is 0 Å². The number of hydrogen-bond acceptors (Lipinski definition) is 4. The van der Waals surface area contributed by atoms with Gasteiger partial charge in [0.25, 0.3) is 0 Å². The molecule has 0 spiro atoms. The van der Waals surface area contributed by atoms with Crippen LogP contribution >= 0.6 is 11.3 Å². The van der Waals surface area contributed by atoms with Gasteiger partial charge < -0.3 is 10.6 Å². The Morgan fingerprint density at radius 3 is 3.24 bits per heavy atom. The van der Waals surface area contributed by atoms with Crippen molar-refractivity contribution in [2.45, 2.75) is 45.2 Å². The van der Waals surface area contributed by atoms with E-state index in [2.05, 4.69) is 27.9 Å². The first-order valence-electron chi connectivity index (χ1n) is 6.24. The van der Waals surface area contributed by atoms with Crippen molar-refractivity contribution >= 4 is 17.2 Å². The summed E-state index contributed by atoms with van der Waals surface area (Å²) in [7, 11) is 0. The predicted molar refractivity (Wildman–Crippen MR) is 69.0 cm³/mol. The third-order valence-corrected chi connectivity index (χ3v) is 4.01. The number of amides is 1. The first-order chi connectivity index (χ1) is 8.29. The van der Waals surface area contributed by atoms with E-state index in [1.165, 1.54) is 0 Å². The Kier molecular flexibility index (Phi) is 4.50. The molecule has 0 aliphatic carbocycles. The smallest absolute Gasteiger partial charge is 0.237 e. The lowest BCUT2D eigenvalue weighted by molar-refractivity contribution is -0.122. The van der Waals surface area contributed by atoms with Crippen molar-refractivity contribution in [1.29, 1.82) is 0 Å². The zero-order valence-electron chi connectivity index (χ0n) is 10.2. The molecule has 0 bridgehead atoms. The number of rotatable bonds is 4. The molecule has 2 heterocycles. The van der Waals surface area contributed by atoms with E-state index in [4.69, 9.17) is 0 Å². The van der Waals surface area contributed by atoms with E-state index in [1.807, 2.05) is 0 Å². The first-order valence-corrected chi connectivity index (χ1v) is 7.12. The molecule has 1 aliphatic rings. The molecule has 4 nitrogen and oxygen atoms in total. The molecule has 2 N–H and O–H groups in total. The van der Waals surface area contributed by atoms with Gasteiger partial charge in [0.05, 0.1) is 16.7 Å². The van der Waals surface area contributed by atoms with Gasteiger partial charge in [0, 0.05) is 18.5 Å². The Hall–Kier alpha value is -0.940. The standard InChI is InChI=1S/C12H19N3OS/c1-2-11-15-9(8-17-11)7-14-10-5-3-4-6-13-12(10)16/h8,10,14H,2-7H2,1H3,(H,13,16)/t10-/m1/s1. The van der Waals surface area contributed by atoms with E-state index >= 15 is 0 Å². The van der Waals surface area contributed by atoms with Crippen LogP contribution in [0.25, 0.3) is 0 Å². The fraction of sp³-hybridized carbons (Fsp3) is 0.667. The van der Waals surface area contributed by atoms with Crippen molar-refractivity contribution in [3.8, 4) is 0 Å². The monoisotopic (exact) mass is 253 g/mol. The molecule has 1 fully saturated rings. The summed E-state index contributed by atoms with van der Waals surface area (Å²) in [4.78, 5) is 16.2. The molecular formula is C12H19N3OS. The topological polar surface area (TPSA) is 54.0 Å². The van der Waals surface area contributed by atoms with E-state index in [0.29, 0.717) is 6.54 Å². The minimum Gasteiger partial charge on any atom is -0.355 e. The van der Waals surface area contributed by atoms with Gasteiger partial charge in [-0.05, 0) is 25.7 Å². The molecule has 0 saturated carbocycles. The highest BCUT2D eigenvalue weighted by atomic mass is 32.1. The van der Waals surface area contributed by atoms with Gasteiger partial charge in [-0.2, -0.15) is 0 Å². The molecule has 1 aromatic rings. The van der Waals surface area contributed by atoms with E-state index in [9.17, 15) is 4.79 Å². The van der Waals surface area contributed by atoms with Gasteiger partial charge >= 0.3 is 0 Å². The lowest BCUT2D eigenvalue weighted by atomic mass is 10.1. The number of hydrogen-bond donors (Lipinski definition) is 2. The molecule has 94 valence electrons. The third-order valence-electron chi connectivity index (χ3n) is 2.97. The van der Waals surface area contributed by atoms with Gasteiger partial charge in [0.2, 0.25) is 5.91 Å². The number of thiazole rings is 1. The zero-order chi connectivity index (χ0) is 12.1. The van der Waals surface area contributed by atoms with Crippen LogP contribution in [-0.4, -0.2) is 23.5 Å². The minimum atomic E-state index is -0.0516. The summed E-state index contributed by atoms with van der Waals surface area (Å²) in [6, 6.07) is -0.0516. The summed E-state index contributed by atoms with van der Waals surface area (Å²) in [6.07, 6.45) is 4.10. The molecule has 17 heavy (non-hydrogen) atoms. The second-order valence-corrected chi connectivity index (χ2v) is 5.25. The molecule has 1 aliphatic heterocycles. The quantitative estimate of drug-likeness (QED) is 0.854. The molecule has 1 amide bonds. The van der Waals surface area contributed by atoms with Crippen LogP contribution in [0.15, 0.2) is 5.38 Å². The highest BCUT2D eigenvalue weighted by Gasteiger charge is 2.19. The van der Waals surface area contributed by atoms with E-state index in [1.54, 1.807) is 11.3 Å². The lowest BCUT2D eigenvalue weighted by Crippen LogP contribution is -2.42. The van der Waals surface area contributed by atoms with Gasteiger partial charge in [-0.1, -0.05) is 6.92 Å². The maximum Gasteiger partial charge on any atom is 0.237 e. The molecular weight excluding hydrogens is 234 g/mol. The Bertz CT molecular complexity index is 378. The number of carbonyl (C=O) groups is 1. The predicted octanol–water partition coefficient (Wildman–Crippen LogP) is 1.46. The molecule has 2 rings (SSSR count). The van der Waals surface area contributed by atoms with Crippen molar-refractivity contribution < 1.29 is 4.79 Å². The second-order valence-electron chi connectivity index (χ2n) is 4.31. The Morgan fingerprint density at radius 2 is 2.47 bits per heavy atom. The third kappa shape index (κ3) is 3.51. The highest BCUT2D eigenvalue weighted by molar-refractivity contribution is 7.09. The second kappa shape index (κ2) is 6.12. The van der Waals surface area contributed by atoms with Crippen LogP contribution < -0.4 is 10.6 Å². The Balaban J connectivity index is 1.85. The number of aromatic nitrogens is 1. The summed E-state index contributed by atoms with van der Waals surface area (Å²) in [6.45, 7) is 3.61. The van der Waals surface area contributed by atoms with E-state index < -0.39 is 0 Å². The van der Waals surface area contributed by atoms with Crippen LogP contribution in [0.3, 0.4) is 0 Å². The fourth-order valence-corrected chi connectivity index (χ4v) is 2.70. The van der Waals surface area contributed by atoms with Gasteiger partial charge in [-0.25, -0.2) is 4.98 Å². The van der Waals surface area contributed by atoms with Crippen LogP contribution in [0.1, 0.15) is 36.9 Å². The molecule has 1 atom stereocenters. The lowest BCUT2D eigenvalue weighted by Gasteiger charge is -2.13. The maximum atomic E-state index is 11.7. The van der Waals surface area contributed by atoms with Gasteiger partial charge in [-0.15, -0.1) is 11.3 Å². The highest BCUT2D eigenvalue weighted by Crippen LogP contribution is 2.11. The molecule has 5 heteroatoms. The zero-order valence-corrected chi connectivity index (χ0v) is 11.0. The summed E-state index contributed by atoms with van der Waals surface area (Å²) < 4.78 is 0. The maximum absolute atomic E-state index is 11.7. The van der Waals surface area contributed by atoms with Crippen molar-refractivity contribution in [1.82, 2.24) is 15.6 Å². The summed E-state index contributed by atoms with van der Waals surface area (Å²) in [5.41, 5.74) is 1.05. The fourth-order valence-electron chi connectivity index (χ4n) is 1.95. The van der Waals surface area contributed by atoms with Crippen molar-refractivity contribution in [3.63, 3.8) is 0 Å². The van der Waals surface area contributed by atoms with Crippen LogP contribution in [0.4, 0.5) is 0 Å². The SMILES string of the molecule is CCc1nc(CN[C@@H]2CCCCNC2=O)cs1. The number of nitrogens with zero attached hydrogens (tertiary/aromatic N) is 1. The van der Waals surface area contributed by atoms with Crippen LogP contribution in [-0.2, 0) is 17.8 Å². The molecule has 1 saturated heterocycles. The minimum absolute atomic E-state index is 0.0516. The van der Waals surface area contributed by atoms with Crippen LogP contribution in [0.2, 0.25) is 0 Å². The normalized spacial score (nSPS) is 21.0. The summed E-state index contributed by atoms with van der Waals surface area (Å²) in [5, 5.41) is 9.45. The number of nitrogens with one attached hydrogen (secondary N) is 2. The van der Waals surface area contributed by atoms with Crippen molar-refractivity contribution in [2.24, 2.45) is 0 Å². The van der Waals surface area contributed by atoms with Crippen molar-refractivity contribution in [3.05, 3.63) is 16.1 Å². The number of aryl methyl sites for hydroxylation is 1. The van der Waals surface area contributed by atoms with Crippen molar-refractivity contribution in [2.75, 3.05) is 6.54 Å². The molecule has 0 aromatic carbocycles. The van der Waals surface area contributed by atoms with Crippen LogP contribution in [0, 0.1) is 0 Å². The average molecular weight is 253 g/mol. The molecule has 0 unspecified atom stereocenters. The summed E-state index contributed by atoms with van der Waals surface area (Å²) >= 11 is 1.69.